The zero-order valence-electron chi connectivity index (χ0n) is 10.2. The largest absolute Gasteiger partial charge is 0.365 e. The molecular formula is C13H18BrClN2. The topological polar surface area (TPSA) is 15.3 Å². The molecule has 1 aliphatic heterocycles. The summed E-state index contributed by atoms with van der Waals surface area (Å²) >= 11 is 9.79. The number of nitrogens with zero attached hydrogens (tertiary/aromatic N) is 1. The predicted molar refractivity (Wildman–Crippen MR) is 78.0 cm³/mol. The molecule has 0 aliphatic carbocycles. The van der Waals surface area contributed by atoms with Gasteiger partial charge in [0, 0.05) is 30.1 Å². The van der Waals surface area contributed by atoms with E-state index in [4.69, 9.17) is 11.6 Å². The monoisotopic (exact) mass is 316 g/mol. The molecule has 1 aromatic carbocycles. The van der Waals surface area contributed by atoms with Crippen LogP contribution in [0.25, 0.3) is 0 Å². The van der Waals surface area contributed by atoms with Gasteiger partial charge in [-0.05, 0) is 24.1 Å². The first-order valence-corrected chi connectivity index (χ1v) is 7.19. The Hall–Kier alpha value is -0.250. The van der Waals surface area contributed by atoms with Crippen molar-refractivity contribution in [3.8, 4) is 0 Å². The lowest BCUT2D eigenvalue weighted by Gasteiger charge is -2.40. The summed E-state index contributed by atoms with van der Waals surface area (Å²) in [5, 5.41) is 4.28. The van der Waals surface area contributed by atoms with Gasteiger partial charge in [0.1, 0.15) is 0 Å². The van der Waals surface area contributed by atoms with Gasteiger partial charge < -0.3 is 10.2 Å². The number of rotatable bonds is 2. The maximum Gasteiger partial charge on any atom is 0.0650 e. The van der Waals surface area contributed by atoms with Gasteiger partial charge in [0.15, 0.2) is 0 Å². The molecule has 1 heterocycles. The molecule has 17 heavy (non-hydrogen) atoms. The number of hydrogen-bond donors (Lipinski definition) is 1. The molecule has 0 bridgehead atoms. The van der Waals surface area contributed by atoms with Crippen molar-refractivity contribution < 1.29 is 0 Å². The molecule has 1 saturated heterocycles. The molecule has 1 unspecified atom stereocenters. The summed E-state index contributed by atoms with van der Waals surface area (Å²) in [6.07, 6.45) is 0. The highest BCUT2D eigenvalue weighted by molar-refractivity contribution is 9.10. The first-order valence-electron chi connectivity index (χ1n) is 6.02. The second-order valence-corrected chi connectivity index (χ2v) is 6.13. The minimum Gasteiger partial charge on any atom is -0.365 e. The quantitative estimate of drug-likeness (QED) is 0.897. The van der Waals surface area contributed by atoms with E-state index >= 15 is 0 Å². The van der Waals surface area contributed by atoms with Gasteiger partial charge in [-0.1, -0.05) is 41.4 Å². The van der Waals surface area contributed by atoms with Crippen molar-refractivity contribution in [3.63, 3.8) is 0 Å². The Balaban J connectivity index is 2.29. The second-order valence-electron chi connectivity index (χ2n) is 4.80. The molecule has 2 nitrogen and oxygen atoms in total. The van der Waals surface area contributed by atoms with Crippen molar-refractivity contribution in [2.45, 2.75) is 19.9 Å². The van der Waals surface area contributed by atoms with E-state index in [-0.39, 0.29) is 0 Å². The van der Waals surface area contributed by atoms with E-state index in [2.05, 4.69) is 52.1 Å². The van der Waals surface area contributed by atoms with Crippen LogP contribution in [0.15, 0.2) is 22.7 Å². The third kappa shape index (κ3) is 2.95. The fourth-order valence-electron chi connectivity index (χ4n) is 2.33. The van der Waals surface area contributed by atoms with Crippen LogP contribution in [0.3, 0.4) is 0 Å². The number of anilines is 1. The second kappa shape index (κ2) is 5.59. The molecule has 0 spiro atoms. The Kier molecular flexibility index (Phi) is 4.34. The van der Waals surface area contributed by atoms with Crippen LogP contribution in [-0.4, -0.2) is 25.7 Å². The van der Waals surface area contributed by atoms with E-state index in [0.29, 0.717) is 12.0 Å². The van der Waals surface area contributed by atoms with Gasteiger partial charge in [-0.3, -0.25) is 0 Å². The predicted octanol–water partition coefficient (Wildman–Crippen LogP) is 3.54. The molecule has 1 aromatic rings. The van der Waals surface area contributed by atoms with Gasteiger partial charge in [0.05, 0.1) is 10.7 Å². The van der Waals surface area contributed by atoms with Crippen LogP contribution in [0.1, 0.15) is 13.8 Å². The normalized spacial score (nSPS) is 21.0. The summed E-state index contributed by atoms with van der Waals surface area (Å²) in [5.41, 5.74) is 1.15. The molecule has 1 fully saturated rings. The summed E-state index contributed by atoms with van der Waals surface area (Å²) in [4.78, 5) is 2.43. The Labute approximate surface area is 116 Å². The molecule has 1 aliphatic rings. The van der Waals surface area contributed by atoms with Gasteiger partial charge in [0.25, 0.3) is 0 Å². The van der Waals surface area contributed by atoms with Crippen molar-refractivity contribution >= 4 is 33.2 Å². The molecule has 0 amide bonds. The molecule has 0 radical (unpaired) electrons. The summed E-state index contributed by atoms with van der Waals surface area (Å²) in [7, 11) is 0. The Morgan fingerprint density at radius 1 is 1.47 bits per heavy atom. The number of piperazine rings is 1. The van der Waals surface area contributed by atoms with Gasteiger partial charge >= 0.3 is 0 Å². The van der Waals surface area contributed by atoms with Crippen LogP contribution >= 0.6 is 27.5 Å². The van der Waals surface area contributed by atoms with E-state index in [1.54, 1.807) is 0 Å². The molecule has 0 aromatic heterocycles. The lowest BCUT2D eigenvalue weighted by atomic mass is 10.00. The van der Waals surface area contributed by atoms with E-state index in [0.717, 1.165) is 34.8 Å². The van der Waals surface area contributed by atoms with Gasteiger partial charge in [0.2, 0.25) is 0 Å². The summed E-state index contributed by atoms with van der Waals surface area (Å²) in [6.45, 7) is 7.60. The van der Waals surface area contributed by atoms with Crippen LogP contribution in [0, 0.1) is 5.92 Å². The summed E-state index contributed by atoms with van der Waals surface area (Å²) in [6, 6.07) is 6.65. The highest BCUT2D eigenvalue weighted by Gasteiger charge is 2.26. The van der Waals surface area contributed by atoms with Crippen LogP contribution in [0.5, 0.6) is 0 Å². The van der Waals surface area contributed by atoms with Crippen molar-refractivity contribution in [3.05, 3.63) is 27.7 Å². The highest BCUT2D eigenvalue weighted by atomic mass is 79.9. The number of nitrogens with one attached hydrogen (secondary N) is 1. The smallest absolute Gasteiger partial charge is 0.0650 e. The van der Waals surface area contributed by atoms with Crippen LogP contribution in [0.4, 0.5) is 5.69 Å². The summed E-state index contributed by atoms with van der Waals surface area (Å²) in [5.74, 6) is 0.613. The lowest BCUT2D eigenvalue weighted by Crippen LogP contribution is -2.53. The van der Waals surface area contributed by atoms with Crippen LogP contribution < -0.4 is 10.2 Å². The Bertz CT molecular complexity index is 395. The fourth-order valence-corrected chi connectivity index (χ4v) is 3.12. The number of hydrogen-bond acceptors (Lipinski definition) is 2. The van der Waals surface area contributed by atoms with E-state index in [9.17, 15) is 0 Å². The zero-order chi connectivity index (χ0) is 12.4. The molecule has 0 saturated carbocycles. The first kappa shape index (κ1) is 13.2. The maximum atomic E-state index is 6.34. The van der Waals surface area contributed by atoms with Crippen LogP contribution in [-0.2, 0) is 0 Å². The fraction of sp³-hybridized carbons (Fsp3) is 0.538. The zero-order valence-corrected chi connectivity index (χ0v) is 12.6. The molecule has 4 heteroatoms. The third-order valence-electron chi connectivity index (χ3n) is 3.27. The SMILES string of the molecule is CC(C)C1CNCCN1c1ccc(Br)cc1Cl. The van der Waals surface area contributed by atoms with Gasteiger partial charge in [-0.15, -0.1) is 0 Å². The molecular weight excluding hydrogens is 300 g/mol. The van der Waals surface area contributed by atoms with E-state index in [1.807, 2.05) is 6.07 Å². The lowest BCUT2D eigenvalue weighted by molar-refractivity contribution is 0.390. The minimum absolute atomic E-state index is 0.516. The average molecular weight is 318 g/mol. The van der Waals surface area contributed by atoms with E-state index in [1.165, 1.54) is 0 Å². The van der Waals surface area contributed by atoms with Crippen molar-refractivity contribution in [2.75, 3.05) is 24.5 Å². The Morgan fingerprint density at radius 3 is 2.88 bits per heavy atom. The highest BCUT2D eigenvalue weighted by Crippen LogP contribution is 2.32. The maximum absolute atomic E-state index is 6.34. The molecule has 2 rings (SSSR count). The molecule has 94 valence electrons. The summed E-state index contributed by atoms with van der Waals surface area (Å²) < 4.78 is 1.03. The Morgan fingerprint density at radius 2 is 2.24 bits per heavy atom. The van der Waals surface area contributed by atoms with Gasteiger partial charge in [-0.2, -0.15) is 0 Å². The number of benzene rings is 1. The van der Waals surface area contributed by atoms with Crippen molar-refractivity contribution in [2.24, 2.45) is 5.92 Å². The van der Waals surface area contributed by atoms with Gasteiger partial charge in [-0.25, -0.2) is 0 Å². The van der Waals surface area contributed by atoms with E-state index < -0.39 is 0 Å². The molecule has 1 atom stereocenters. The standard InChI is InChI=1S/C13H18BrClN2/c1-9(2)13-8-16-5-6-17(13)12-4-3-10(14)7-11(12)15/h3-4,7,9,13,16H,5-6,8H2,1-2H3. The first-order chi connectivity index (χ1) is 8.09. The van der Waals surface area contributed by atoms with Crippen molar-refractivity contribution in [1.29, 1.82) is 0 Å². The molecule has 1 N–H and O–H groups in total. The van der Waals surface area contributed by atoms with Crippen molar-refractivity contribution in [1.82, 2.24) is 5.32 Å². The third-order valence-corrected chi connectivity index (χ3v) is 4.07. The number of halogens is 2. The average Bonchev–Trinajstić information content (AvgIpc) is 2.29. The minimum atomic E-state index is 0.516. The van der Waals surface area contributed by atoms with Crippen LogP contribution in [0.2, 0.25) is 5.02 Å².